The summed E-state index contributed by atoms with van der Waals surface area (Å²) in [6.45, 7) is 0.779. The maximum absolute atomic E-state index is 13.6. The van der Waals surface area contributed by atoms with Gasteiger partial charge in [0.15, 0.2) is 5.82 Å². The van der Waals surface area contributed by atoms with E-state index in [4.69, 9.17) is 0 Å². The normalized spacial score (nSPS) is 15.0. The molecule has 5 rings (SSSR count). The molecular formula is C25H20BrN5OS. The summed E-state index contributed by atoms with van der Waals surface area (Å²) in [5, 5.41) is 19.0. The van der Waals surface area contributed by atoms with Crippen molar-refractivity contribution in [3.8, 4) is 11.8 Å². The molecule has 6 nitrogen and oxygen atoms in total. The quantitative estimate of drug-likeness (QED) is 0.416. The lowest BCUT2D eigenvalue weighted by molar-refractivity contribution is 0.627. The van der Waals surface area contributed by atoms with Gasteiger partial charge >= 0.3 is 0 Å². The number of thiazole rings is 1. The van der Waals surface area contributed by atoms with Crippen LogP contribution in [0.15, 0.2) is 63.9 Å². The average molecular weight is 518 g/mol. The van der Waals surface area contributed by atoms with Gasteiger partial charge in [-0.05, 0) is 48.7 Å². The van der Waals surface area contributed by atoms with Gasteiger partial charge in [0.25, 0.3) is 5.56 Å². The Morgan fingerprint density at radius 1 is 1.06 bits per heavy atom. The maximum atomic E-state index is 13.6. The fourth-order valence-electron chi connectivity index (χ4n) is 4.04. The van der Waals surface area contributed by atoms with Crippen LogP contribution in [0.4, 0.5) is 0 Å². The first-order valence-electron chi connectivity index (χ1n) is 10.8. The Morgan fingerprint density at radius 3 is 2.61 bits per heavy atom. The number of halogens is 1. The maximum Gasteiger partial charge on any atom is 0.273 e. The first kappa shape index (κ1) is 21.6. The highest BCUT2D eigenvalue weighted by Gasteiger charge is 2.21. The molecule has 0 N–H and O–H groups in total. The molecule has 3 heterocycles. The highest BCUT2D eigenvalue weighted by Crippen LogP contribution is 2.18. The molecule has 0 atom stereocenters. The van der Waals surface area contributed by atoms with Crippen molar-refractivity contribution in [3.05, 3.63) is 95.8 Å². The second-order valence-electron chi connectivity index (χ2n) is 7.83. The van der Waals surface area contributed by atoms with E-state index in [1.807, 2.05) is 65.2 Å². The topological polar surface area (TPSA) is 76.5 Å². The summed E-state index contributed by atoms with van der Waals surface area (Å²) in [7, 11) is 0. The van der Waals surface area contributed by atoms with Crippen molar-refractivity contribution >= 4 is 38.9 Å². The summed E-state index contributed by atoms with van der Waals surface area (Å²) < 4.78 is 5.76. The van der Waals surface area contributed by atoms with Crippen LogP contribution in [-0.2, 0) is 13.0 Å². The van der Waals surface area contributed by atoms with E-state index in [1.54, 1.807) is 4.57 Å². The minimum Gasteiger partial charge on any atom is -0.310 e. The predicted octanol–water partition coefficient (Wildman–Crippen LogP) is 3.53. The van der Waals surface area contributed by atoms with E-state index in [0.29, 0.717) is 26.3 Å². The Kier molecular flexibility index (Phi) is 6.07. The molecule has 8 heteroatoms. The fraction of sp³-hybridized carbons (Fsp3) is 0.200. The molecule has 0 amide bonds. The second kappa shape index (κ2) is 9.30. The number of hydrogen-bond donors (Lipinski definition) is 0. The van der Waals surface area contributed by atoms with Crippen molar-refractivity contribution in [1.82, 2.24) is 19.3 Å². The Labute approximate surface area is 202 Å². The monoisotopic (exact) mass is 517 g/mol. The van der Waals surface area contributed by atoms with Gasteiger partial charge in [-0.25, -0.2) is 0 Å². The number of fused-ring (bicyclic) bond motifs is 1. The Hall–Kier alpha value is -3.28. The smallest absolute Gasteiger partial charge is 0.273 e. The van der Waals surface area contributed by atoms with E-state index < -0.39 is 0 Å². The van der Waals surface area contributed by atoms with Crippen LogP contribution in [0.2, 0.25) is 0 Å². The molecule has 0 bridgehead atoms. The number of rotatable bonds is 3. The third-order valence-corrected chi connectivity index (χ3v) is 7.29. The summed E-state index contributed by atoms with van der Waals surface area (Å²) in [5.74, 6) is 1.44. The highest BCUT2D eigenvalue weighted by molar-refractivity contribution is 9.10. The van der Waals surface area contributed by atoms with Crippen LogP contribution in [0.25, 0.3) is 17.3 Å². The molecule has 33 heavy (non-hydrogen) atoms. The van der Waals surface area contributed by atoms with Crippen LogP contribution >= 0.6 is 27.3 Å². The van der Waals surface area contributed by atoms with Gasteiger partial charge in [-0.15, -0.1) is 21.5 Å². The van der Waals surface area contributed by atoms with E-state index >= 15 is 0 Å². The van der Waals surface area contributed by atoms with Crippen LogP contribution in [0.3, 0.4) is 0 Å². The van der Waals surface area contributed by atoms with Gasteiger partial charge in [0.1, 0.15) is 22.1 Å². The standard InChI is InChI=1S/C25H20BrN5OS/c26-18-12-10-17(11-13-18)15-21-24(32)31(19-7-3-1-4-8-19)25(33-21)20(16-27)23-29-28-22-9-5-2-6-14-30(22)23/h1,3-4,7-8,10-13,15H,2,5-6,9,14H2/b21-15+,25-20-. The summed E-state index contributed by atoms with van der Waals surface area (Å²) >= 11 is 4.76. The van der Waals surface area contributed by atoms with Crippen molar-refractivity contribution < 1.29 is 0 Å². The number of hydrogen-bond acceptors (Lipinski definition) is 5. The van der Waals surface area contributed by atoms with Crippen LogP contribution in [-0.4, -0.2) is 19.3 Å². The molecule has 0 fully saturated rings. The van der Waals surface area contributed by atoms with E-state index in [-0.39, 0.29) is 5.56 Å². The van der Waals surface area contributed by atoms with Crippen molar-refractivity contribution in [2.45, 2.75) is 32.2 Å². The van der Waals surface area contributed by atoms with Crippen LogP contribution in [0.1, 0.15) is 36.5 Å². The Balaban J connectivity index is 1.82. The zero-order valence-electron chi connectivity index (χ0n) is 17.7. The van der Waals surface area contributed by atoms with Gasteiger partial charge in [0, 0.05) is 17.4 Å². The van der Waals surface area contributed by atoms with Crippen LogP contribution < -0.4 is 14.8 Å². The average Bonchev–Trinajstić information content (AvgIpc) is 3.27. The minimum atomic E-state index is -0.160. The molecular weight excluding hydrogens is 498 g/mol. The second-order valence-corrected chi connectivity index (χ2v) is 9.78. The lowest BCUT2D eigenvalue weighted by atomic mass is 10.2. The first-order valence-corrected chi connectivity index (χ1v) is 12.4. The fourth-order valence-corrected chi connectivity index (χ4v) is 5.40. The van der Waals surface area contributed by atoms with Crippen molar-refractivity contribution in [2.75, 3.05) is 0 Å². The van der Waals surface area contributed by atoms with E-state index in [0.717, 1.165) is 48.1 Å². The van der Waals surface area contributed by atoms with Gasteiger partial charge in [-0.1, -0.05) is 52.7 Å². The lowest BCUT2D eigenvalue weighted by Crippen LogP contribution is -2.31. The van der Waals surface area contributed by atoms with E-state index in [1.165, 1.54) is 11.3 Å². The van der Waals surface area contributed by atoms with Crippen molar-refractivity contribution in [3.63, 3.8) is 0 Å². The number of nitriles is 1. The predicted molar refractivity (Wildman–Crippen MR) is 133 cm³/mol. The SMILES string of the molecule is N#C/C(c1nnc2n1CCCCC2)=c1/s/c(=C/c2ccc(Br)cc2)c(=O)n1-c1ccccc1. The molecule has 1 aliphatic rings. The van der Waals surface area contributed by atoms with Crippen molar-refractivity contribution in [2.24, 2.45) is 0 Å². The molecule has 4 aromatic rings. The Bertz CT molecular complexity index is 1520. The summed E-state index contributed by atoms with van der Waals surface area (Å²) in [4.78, 5) is 13.6. The molecule has 164 valence electrons. The van der Waals surface area contributed by atoms with Gasteiger partial charge in [-0.3, -0.25) is 9.36 Å². The molecule has 0 saturated heterocycles. The van der Waals surface area contributed by atoms with Gasteiger partial charge in [0.05, 0.1) is 10.2 Å². The van der Waals surface area contributed by atoms with Gasteiger partial charge < -0.3 is 4.57 Å². The Morgan fingerprint density at radius 2 is 1.85 bits per heavy atom. The molecule has 0 aliphatic carbocycles. The van der Waals surface area contributed by atoms with Crippen LogP contribution in [0, 0.1) is 11.3 Å². The molecule has 1 aliphatic heterocycles. The summed E-state index contributed by atoms with van der Waals surface area (Å²) in [6.07, 6.45) is 5.94. The summed E-state index contributed by atoms with van der Waals surface area (Å²) in [6, 6.07) is 19.5. The minimum absolute atomic E-state index is 0.160. The lowest BCUT2D eigenvalue weighted by Gasteiger charge is -2.07. The van der Waals surface area contributed by atoms with E-state index in [9.17, 15) is 10.1 Å². The van der Waals surface area contributed by atoms with Crippen LogP contribution in [0.5, 0.6) is 0 Å². The van der Waals surface area contributed by atoms with E-state index in [2.05, 4.69) is 32.2 Å². The highest BCUT2D eigenvalue weighted by atomic mass is 79.9. The zero-order chi connectivity index (χ0) is 22.8. The third kappa shape index (κ3) is 4.22. The molecule has 0 radical (unpaired) electrons. The number of aromatic nitrogens is 4. The number of para-hydroxylation sites is 1. The summed E-state index contributed by atoms with van der Waals surface area (Å²) in [5.41, 5.74) is 1.84. The first-order chi connectivity index (χ1) is 16.2. The molecule has 0 spiro atoms. The molecule has 0 unspecified atom stereocenters. The number of nitrogens with zero attached hydrogens (tertiary/aromatic N) is 5. The number of benzene rings is 2. The molecule has 0 saturated carbocycles. The van der Waals surface area contributed by atoms with Gasteiger partial charge in [0.2, 0.25) is 0 Å². The largest absolute Gasteiger partial charge is 0.310 e. The third-order valence-electron chi connectivity index (χ3n) is 5.66. The number of aryl methyl sites for hydroxylation is 1. The molecule has 2 aromatic heterocycles. The van der Waals surface area contributed by atoms with Crippen molar-refractivity contribution in [1.29, 1.82) is 5.26 Å². The zero-order valence-corrected chi connectivity index (χ0v) is 20.1. The molecule has 2 aromatic carbocycles. The van der Waals surface area contributed by atoms with Gasteiger partial charge in [-0.2, -0.15) is 5.26 Å².